The molecule has 2 aromatic heterocycles. The number of carbonyl (C=O) groups excluding carboxylic acids is 1. The summed E-state index contributed by atoms with van der Waals surface area (Å²) in [4.78, 5) is 19.5. The fourth-order valence-electron chi connectivity index (χ4n) is 6.91. The number of hydrogen-bond acceptors (Lipinski definition) is 6. The lowest BCUT2D eigenvalue weighted by atomic mass is 9.69. The lowest BCUT2D eigenvalue weighted by molar-refractivity contribution is -0.140. The van der Waals surface area contributed by atoms with E-state index in [9.17, 15) is 4.79 Å². The maximum absolute atomic E-state index is 13.9. The molecule has 0 bridgehead atoms. The molecule has 5 rings (SSSR count). The van der Waals surface area contributed by atoms with Gasteiger partial charge in [0.15, 0.2) is 0 Å². The molecule has 0 radical (unpaired) electrons. The van der Waals surface area contributed by atoms with Crippen molar-refractivity contribution in [3.8, 4) is 11.3 Å². The molecule has 2 aliphatic rings. The van der Waals surface area contributed by atoms with Crippen LogP contribution in [0.25, 0.3) is 22.2 Å². The maximum atomic E-state index is 13.9. The summed E-state index contributed by atoms with van der Waals surface area (Å²) in [7, 11) is 1.86. The molecular weight excluding hydrogens is 452 g/mol. The molecule has 2 fully saturated rings. The topological polar surface area (TPSA) is 117 Å². The van der Waals surface area contributed by atoms with Crippen LogP contribution >= 0.6 is 0 Å². The van der Waals surface area contributed by atoms with E-state index in [0.29, 0.717) is 18.3 Å². The number of nitrogens with zero attached hydrogens (tertiary/aromatic N) is 2. The standard InChI is InChI=1S/C28H40N6O2/c1-28(2,21-17-31-22-11-4-9-20(26(21)22)24-13-7-15-36-24)16-25(35)34-14-6-10-18-19(8-5-12-23(18)34)27(32-29)33(3)30/h4,7,9,11,13,15,17-19,23,27,31-32H,5-6,8,10,12,14,16,29-30H2,1-3H3. The van der Waals surface area contributed by atoms with Gasteiger partial charge in [-0.1, -0.05) is 32.4 Å². The quantitative estimate of drug-likeness (QED) is 0.224. The Kier molecular flexibility index (Phi) is 6.96. The van der Waals surface area contributed by atoms with Gasteiger partial charge in [-0.2, -0.15) is 0 Å². The smallest absolute Gasteiger partial charge is 0.223 e. The highest BCUT2D eigenvalue weighted by Gasteiger charge is 2.44. The number of benzene rings is 1. The summed E-state index contributed by atoms with van der Waals surface area (Å²) in [5, 5.41) is 2.81. The predicted molar refractivity (Wildman–Crippen MR) is 142 cm³/mol. The number of rotatable bonds is 7. The van der Waals surface area contributed by atoms with Crippen LogP contribution in [-0.4, -0.2) is 46.6 Å². The van der Waals surface area contributed by atoms with E-state index >= 15 is 0 Å². The van der Waals surface area contributed by atoms with Crippen molar-refractivity contribution in [2.45, 2.75) is 70.0 Å². The van der Waals surface area contributed by atoms with Crippen LogP contribution in [0.4, 0.5) is 0 Å². The number of piperidine rings is 1. The summed E-state index contributed by atoms with van der Waals surface area (Å²) in [5.74, 6) is 13.8. The molecule has 8 nitrogen and oxygen atoms in total. The Morgan fingerprint density at radius 1 is 1.25 bits per heavy atom. The van der Waals surface area contributed by atoms with Crippen LogP contribution in [-0.2, 0) is 10.2 Å². The Hall–Kier alpha value is -2.65. The van der Waals surface area contributed by atoms with E-state index < -0.39 is 0 Å². The van der Waals surface area contributed by atoms with E-state index in [-0.39, 0.29) is 23.5 Å². The summed E-state index contributed by atoms with van der Waals surface area (Å²) < 4.78 is 5.74. The summed E-state index contributed by atoms with van der Waals surface area (Å²) >= 11 is 0. The summed E-state index contributed by atoms with van der Waals surface area (Å²) in [6.07, 6.45) is 9.48. The highest BCUT2D eigenvalue weighted by molar-refractivity contribution is 5.97. The number of hydrogen-bond donors (Lipinski definition) is 4. The molecule has 4 unspecified atom stereocenters. The zero-order chi connectivity index (χ0) is 25.4. The molecule has 1 saturated heterocycles. The molecule has 4 atom stereocenters. The first kappa shape index (κ1) is 25.0. The van der Waals surface area contributed by atoms with Crippen LogP contribution < -0.4 is 17.1 Å². The Balaban J connectivity index is 1.40. The molecular formula is C28H40N6O2. The molecule has 36 heavy (non-hydrogen) atoms. The minimum Gasteiger partial charge on any atom is -0.464 e. The van der Waals surface area contributed by atoms with Gasteiger partial charge in [0, 0.05) is 54.1 Å². The number of nitrogens with one attached hydrogen (secondary N) is 2. The highest BCUT2D eigenvalue weighted by atomic mass is 16.3. The van der Waals surface area contributed by atoms with Crippen molar-refractivity contribution >= 4 is 16.8 Å². The normalized spacial score (nSPS) is 23.7. The fraction of sp³-hybridized carbons (Fsp3) is 0.536. The van der Waals surface area contributed by atoms with Crippen molar-refractivity contribution < 1.29 is 9.21 Å². The van der Waals surface area contributed by atoms with Crippen LogP contribution in [0, 0.1) is 11.8 Å². The number of fused-ring (bicyclic) bond motifs is 2. The first-order valence-electron chi connectivity index (χ1n) is 13.2. The number of hydrazine groups is 2. The number of aromatic nitrogens is 1. The molecule has 194 valence electrons. The summed E-state index contributed by atoms with van der Waals surface area (Å²) in [6.45, 7) is 5.18. The predicted octanol–water partition coefficient (Wildman–Crippen LogP) is 4.10. The van der Waals surface area contributed by atoms with E-state index in [4.69, 9.17) is 16.1 Å². The average Bonchev–Trinajstić information content (AvgIpc) is 3.54. The number of nitrogens with two attached hydrogens (primary N) is 2. The molecule has 6 N–H and O–H groups in total. The zero-order valence-corrected chi connectivity index (χ0v) is 21.7. The Morgan fingerprint density at radius 2 is 2.08 bits per heavy atom. The second-order valence-corrected chi connectivity index (χ2v) is 11.3. The van der Waals surface area contributed by atoms with E-state index in [2.05, 4.69) is 47.5 Å². The van der Waals surface area contributed by atoms with Crippen molar-refractivity contribution in [1.29, 1.82) is 0 Å². The minimum atomic E-state index is -0.349. The van der Waals surface area contributed by atoms with Crippen LogP contribution in [0.3, 0.4) is 0 Å². The Morgan fingerprint density at radius 3 is 2.81 bits per heavy atom. The van der Waals surface area contributed by atoms with Crippen LogP contribution in [0.15, 0.2) is 47.2 Å². The molecule has 1 aliphatic heterocycles. The zero-order valence-electron chi connectivity index (χ0n) is 21.7. The number of aromatic amines is 1. The number of likely N-dealkylation sites (tertiary alicyclic amines) is 1. The van der Waals surface area contributed by atoms with Gasteiger partial charge in [-0.05, 0) is 61.3 Å². The SMILES string of the molecule is CN(N)C(NN)C1CCCC2C1CCCN2C(=O)CC(C)(C)c1c[nH]c2cccc(-c3ccco3)c12. The summed E-state index contributed by atoms with van der Waals surface area (Å²) in [5.41, 5.74) is 5.82. The minimum absolute atomic E-state index is 0.0875. The fourth-order valence-corrected chi connectivity index (χ4v) is 6.91. The van der Waals surface area contributed by atoms with Gasteiger partial charge >= 0.3 is 0 Å². The maximum Gasteiger partial charge on any atom is 0.223 e. The van der Waals surface area contributed by atoms with E-state index in [1.807, 2.05) is 25.2 Å². The molecule has 1 aromatic carbocycles. The lowest BCUT2D eigenvalue weighted by Gasteiger charge is -2.50. The van der Waals surface area contributed by atoms with E-state index in [1.165, 1.54) is 0 Å². The molecule has 1 saturated carbocycles. The second kappa shape index (κ2) is 10.0. The van der Waals surface area contributed by atoms with Crippen molar-refractivity contribution in [1.82, 2.24) is 20.3 Å². The third-order valence-electron chi connectivity index (χ3n) is 8.57. The van der Waals surface area contributed by atoms with E-state index in [1.54, 1.807) is 11.3 Å². The highest BCUT2D eigenvalue weighted by Crippen LogP contribution is 2.43. The van der Waals surface area contributed by atoms with Crippen molar-refractivity contribution in [3.63, 3.8) is 0 Å². The van der Waals surface area contributed by atoms with Crippen LogP contribution in [0.1, 0.15) is 57.9 Å². The molecule has 8 heteroatoms. The molecule has 3 heterocycles. The summed E-state index contributed by atoms with van der Waals surface area (Å²) in [6, 6.07) is 10.3. The Labute approximate surface area is 213 Å². The van der Waals surface area contributed by atoms with Gasteiger partial charge in [0.2, 0.25) is 5.91 Å². The van der Waals surface area contributed by atoms with Gasteiger partial charge in [0.05, 0.1) is 12.4 Å². The van der Waals surface area contributed by atoms with Crippen LogP contribution in [0.5, 0.6) is 0 Å². The van der Waals surface area contributed by atoms with E-state index in [0.717, 1.165) is 66.4 Å². The van der Waals surface area contributed by atoms with Crippen molar-refractivity contribution in [2.75, 3.05) is 13.6 Å². The third kappa shape index (κ3) is 4.47. The number of furan rings is 1. The molecule has 0 spiro atoms. The van der Waals surface area contributed by atoms with Crippen molar-refractivity contribution in [3.05, 3.63) is 48.4 Å². The molecule has 1 amide bonds. The number of H-pyrrole nitrogens is 1. The van der Waals surface area contributed by atoms with Crippen molar-refractivity contribution in [2.24, 2.45) is 23.5 Å². The first-order valence-corrected chi connectivity index (χ1v) is 13.2. The monoisotopic (exact) mass is 492 g/mol. The average molecular weight is 493 g/mol. The third-order valence-corrected chi connectivity index (χ3v) is 8.57. The van der Waals surface area contributed by atoms with Gasteiger partial charge in [0.1, 0.15) is 5.76 Å². The first-order chi connectivity index (χ1) is 17.3. The number of carbonyl (C=O) groups is 1. The molecule has 3 aromatic rings. The molecule has 1 aliphatic carbocycles. The van der Waals surface area contributed by atoms with Gasteiger partial charge in [-0.25, -0.2) is 10.4 Å². The second-order valence-electron chi connectivity index (χ2n) is 11.3. The van der Waals surface area contributed by atoms with Gasteiger partial charge in [-0.3, -0.25) is 16.5 Å². The van der Waals surface area contributed by atoms with Gasteiger partial charge in [-0.15, -0.1) is 0 Å². The van der Waals surface area contributed by atoms with Gasteiger partial charge < -0.3 is 14.3 Å². The largest absolute Gasteiger partial charge is 0.464 e. The Bertz CT molecular complexity index is 1180. The van der Waals surface area contributed by atoms with Gasteiger partial charge in [0.25, 0.3) is 0 Å². The lowest BCUT2D eigenvalue weighted by Crippen LogP contribution is -2.61. The van der Waals surface area contributed by atoms with Crippen LogP contribution in [0.2, 0.25) is 0 Å². The number of amides is 1.